The van der Waals surface area contributed by atoms with Crippen molar-refractivity contribution in [3.63, 3.8) is 0 Å². The zero-order valence-corrected chi connectivity index (χ0v) is 9.88. The van der Waals surface area contributed by atoms with Crippen molar-refractivity contribution in [1.82, 2.24) is 4.37 Å². The molecule has 0 aliphatic carbocycles. The number of nitriles is 1. The number of rotatable bonds is 2. The monoisotopic (exact) mass is 256 g/mol. The van der Waals surface area contributed by atoms with Crippen LogP contribution >= 0.6 is 23.1 Å². The van der Waals surface area contributed by atoms with Gasteiger partial charge in [0.1, 0.15) is 22.7 Å². The van der Waals surface area contributed by atoms with Crippen LogP contribution in [0.3, 0.4) is 0 Å². The average Bonchev–Trinajstić information content (AvgIpc) is 2.82. The summed E-state index contributed by atoms with van der Waals surface area (Å²) in [5.74, 6) is -0.370. The van der Waals surface area contributed by atoms with Gasteiger partial charge >= 0.3 is 0 Å². The van der Waals surface area contributed by atoms with Crippen LogP contribution in [0.2, 0.25) is 5.15 Å². The van der Waals surface area contributed by atoms with E-state index in [1.54, 1.807) is 0 Å². The number of hydrogen-bond acceptors (Lipinski definition) is 5. The fraction of sp³-hybridized carbons (Fsp3) is 0.444. The third-order valence-corrected chi connectivity index (χ3v) is 3.85. The smallest absolute Gasteiger partial charge is 0.240 e. The van der Waals surface area contributed by atoms with E-state index in [-0.39, 0.29) is 17.1 Å². The van der Waals surface area contributed by atoms with Crippen molar-refractivity contribution in [2.75, 3.05) is 11.4 Å². The molecule has 7 heteroatoms. The van der Waals surface area contributed by atoms with Crippen molar-refractivity contribution in [3.8, 4) is 6.07 Å². The van der Waals surface area contributed by atoms with E-state index in [9.17, 15) is 4.79 Å². The SMILES string of the molecule is N#Cc1c(Cl)nsc1N1CCCC1C(N)=O. The first-order valence-corrected chi connectivity index (χ1v) is 5.91. The summed E-state index contributed by atoms with van der Waals surface area (Å²) in [6.45, 7) is 0.709. The molecule has 16 heavy (non-hydrogen) atoms. The second kappa shape index (κ2) is 4.28. The lowest BCUT2D eigenvalue weighted by Gasteiger charge is -2.22. The van der Waals surface area contributed by atoms with Gasteiger partial charge in [-0.1, -0.05) is 11.6 Å². The molecule has 0 saturated carbocycles. The minimum absolute atomic E-state index is 0.192. The molecule has 1 saturated heterocycles. The maximum absolute atomic E-state index is 11.2. The minimum atomic E-state index is -0.370. The first kappa shape index (κ1) is 11.2. The van der Waals surface area contributed by atoms with Gasteiger partial charge in [0, 0.05) is 6.54 Å². The lowest BCUT2D eigenvalue weighted by molar-refractivity contribution is -0.119. The van der Waals surface area contributed by atoms with Gasteiger partial charge in [0.05, 0.1) is 0 Å². The van der Waals surface area contributed by atoms with Crippen LogP contribution in [0.4, 0.5) is 5.00 Å². The second-order valence-electron chi connectivity index (χ2n) is 3.52. The van der Waals surface area contributed by atoms with E-state index in [4.69, 9.17) is 22.6 Å². The van der Waals surface area contributed by atoms with Gasteiger partial charge in [-0.15, -0.1) is 0 Å². The predicted molar refractivity (Wildman–Crippen MR) is 61.4 cm³/mol. The number of hydrogen-bond donors (Lipinski definition) is 1. The number of nitrogens with two attached hydrogens (primary N) is 1. The van der Waals surface area contributed by atoms with Crippen LogP contribution in [-0.2, 0) is 4.79 Å². The van der Waals surface area contributed by atoms with Gasteiger partial charge in [-0.3, -0.25) is 4.79 Å². The highest BCUT2D eigenvalue weighted by molar-refractivity contribution is 7.10. The fourth-order valence-electron chi connectivity index (χ4n) is 1.86. The lowest BCUT2D eigenvalue weighted by atomic mass is 10.2. The molecule has 1 atom stereocenters. The van der Waals surface area contributed by atoms with E-state index in [1.165, 1.54) is 0 Å². The third kappa shape index (κ3) is 1.72. The Morgan fingerprint density at radius 3 is 3.12 bits per heavy atom. The number of primary amides is 1. The van der Waals surface area contributed by atoms with Crippen molar-refractivity contribution >= 4 is 34.0 Å². The molecule has 2 N–H and O–H groups in total. The van der Waals surface area contributed by atoms with Crippen LogP contribution in [0.25, 0.3) is 0 Å². The fourth-order valence-corrected chi connectivity index (χ4v) is 2.96. The van der Waals surface area contributed by atoms with Gasteiger partial charge in [-0.05, 0) is 24.4 Å². The Hall–Kier alpha value is -1.32. The number of amides is 1. The van der Waals surface area contributed by atoms with Gasteiger partial charge in [0.15, 0.2) is 5.15 Å². The topological polar surface area (TPSA) is 83.0 Å². The van der Waals surface area contributed by atoms with Crippen molar-refractivity contribution in [3.05, 3.63) is 10.7 Å². The van der Waals surface area contributed by atoms with E-state index in [0.29, 0.717) is 17.1 Å². The highest BCUT2D eigenvalue weighted by Gasteiger charge is 2.32. The zero-order valence-electron chi connectivity index (χ0n) is 8.31. The Balaban J connectivity index is 2.37. The van der Waals surface area contributed by atoms with Crippen molar-refractivity contribution < 1.29 is 4.79 Å². The average molecular weight is 257 g/mol. The Bertz CT molecular complexity index is 467. The largest absolute Gasteiger partial charge is 0.368 e. The minimum Gasteiger partial charge on any atom is -0.368 e. The Morgan fingerprint density at radius 1 is 1.75 bits per heavy atom. The molecule has 1 amide bonds. The molecule has 5 nitrogen and oxygen atoms in total. The first-order chi connectivity index (χ1) is 7.65. The Morgan fingerprint density at radius 2 is 2.50 bits per heavy atom. The predicted octanol–water partition coefficient (Wildman–Crippen LogP) is 1.12. The summed E-state index contributed by atoms with van der Waals surface area (Å²) in [5.41, 5.74) is 5.64. The van der Waals surface area contributed by atoms with Gasteiger partial charge < -0.3 is 10.6 Å². The maximum Gasteiger partial charge on any atom is 0.240 e. The first-order valence-electron chi connectivity index (χ1n) is 4.76. The van der Waals surface area contributed by atoms with Gasteiger partial charge in [0.2, 0.25) is 5.91 Å². The number of aromatic nitrogens is 1. The van der Waals surface area contributed by atoms with Gasteiger partial charge in [-0.2, -0.15) is 9.64 Å². The number of anilines is 1. The van der Waals surface area contributed by atoms with Crippen LogP contribution in [0, 0.1) is 11.3 Å². The summed E-state index contributed by atoms with van der Waals surface area (Å²) in [6, 6.07) is 1.66. The molecule has 1 unspecified atom stereocenters. The molecule has 0 aromatic carbocycles. The molecule has 1 aromatic heterocycles. The van der Waals surface area contributed by atoms with E-state index in [0.717, 1.165) is 24.4 Å². The lowest BCUT2D eigenvalue weighted by Crippen LogP contribution is -2.40. The Labute approximate surface area is 102 Å². The summed E-state index contributed by atoms with van der Waals surface area (Å²) in [4.78, 5) is 13.1. The normalized spacial score (nSPS) is 19.8. The molecule has 2 rings (SSSR count). The number of carbonyl (C=O) groups is 1. The molecule has 1 fully saturated rings. The van der Waals surface area contributed by atoms with Crippen LogP contribution in [-0.4, -0.2) is 22.9 Å². The molecular formula is C9H9ClN4OS. The van der Waals surface area contributed by atoms with Crippen LogP contribution in [0.15, 0.2) is 0 Å². The number of nitrogens with zero attached hydrogens (tertiary/aromatic N) is 3. The molecular weight excluding hydrogens is 248 g/mol. The summed E-state index contributed by atoms with van der Waals surface area (Å²) < 4.78 is 3.92. The van der Waals surface area contributed by atoms with Crippen LogP contribution in [0.5, 0.6) is 0 Å². The van der Waals surface area contributed by atoms with E-state index in [1.807, 2.05) is 11.0 Å². The summed E-state index contributed by atoms with van der Waals surface area (Å²) in [6.07, 6.45) is 1.60. The van der Waals surface area contributed by atoms with E-state index < -0.39 is 0 Å². The van der Waals surface area contributed by atoms with Crippen LogP contribution in [0.1, 0.15) is 18.4 Å². The molecule has 0 radical (unpaired) electrons. The van der Waals surface area contributed by atoms with Gasteiger partial charge in [0.25, 0.3) is 0 Å². The second-order valence-corrected chi connectivity index (χ2v) is 4.63. The van der Waals surface area contributed by atoms with Crippen molar-refractivity contribution in [2.45, 2.75) is 18.9 Å². The third-order valence-electron chi connectivity index (χ3n) is 2.59. The molecule has 1 aliphatic rings. The molecule has 0 bridgehead atoms. The highest BCUT2D eigenvalue weighted by Crippen LogP contribution is 2.35. The number of halogens is 1. The molecule has 1 aromatic rings. The Kier molecular flexibility index (Phi) is 2.99. The standard InChI is InChI=1S/C9H9ClN4OS/c10-7-5(4-11)9(16-13-7)14-3-1-2-6(14)8(12)15/h6H,1-3H2,(H2,12,15). The summed E-state index contributed by atoms with van der Waals surface area (Å²) in [5, 5.41) is 9.80. The molecule has 0 spiro atoms. The quantitative estimate of drug-likeness (QED) is 0.860. The van der Waals surface area contributed by atoms with E-state index in [2.05, 4.69) is 4.37 Å². The van der Waals surface area contributed by atoms with Crippen LogP contribution < -0.4 is 10.6 Å². The number of carbonyl (C=O) groups excluding carboxylic acids is 1. The summed E-state index contributed by atoms with van der Waals surface area (Å²) >= 11 is 6.92. The van der Waals surface area contributed by atoms with Gasteiger partial charge in [-0.25, -0.2) is 0 Å². The maximum atomic E-state index is 11.2. The summed E-state index contributed by atoms with van der Waals surface area (Å²) in [7, 11) is 0. The zero-order chi connectivity index (χ0) is 11.7. The van der Waals surface area contributed by atoms with Crippen molar-refractivity contribution in [2.24, 2.45) is 5.73 Å². The molecule has 1 aliphatic heterocycles. The highest BCUT2D eigenvalue weighted by atomic mass is 35.5. The molecule has 2 heterocycles. The van der Waals surface area contributed by atoms with E-state index >= 15 is 0 Å². The van der Waals surface area contributed by atoms with Crippen molar-refractivity contribution in [1.29, 1.82) is 5.26 Å². The molecule has 84 valence electrons.